The van der Waals surface area contributed by atoms with Gasteiger partial charge in [0.25, 0.3) is 0 Å². The van der Waals surface area contributed by atoms with Crippen molar-refractivity contribution < 1.29 is 0 Å². The second-order valence-electron chi connectivity index (χ2n) is 11.0. The summed E-state index contributed by atoms with van der Waals surface area (Å²) in [4.78, 5) is 13.7. The molecule has 0 amide bonds. The molecule has 0 saturated heterocycles. The molecule has 0 bridgehead atoms. The van der Waals surface area contributed by atoms with Gasteiger partial charge in [-0.1, -0.05) is 84.9 Å². The SMILES string of the molecule is c1cc(-c2cccc(-c3cc4ccccc4c4ccccc34)c2)cc(-c2cc(-c3cccnc3)nc(-c3cccnc3)c2)c1. The van der Waals surface area contributed by atoms with Crippen LogP contribution in [0.5, 0.6) is 0 Å². The lowest BCUT2D eigenvalue weighted by Crippen LogP contribution is -1.92. The van der Waals surface area contributed by atoms with Crippen molar-refractivity contribution in [1.29, 1.82) is 0 Å². The fraction of sp³-hybridized carbons (Fsp3) is 0. The summed E-state index contributed by atoms with van der Waals surface area (Å²) in [6.07, 6.45) is 7.29. The van der Waals surface area contributed by atoms with Gasteiger partial charge in [0.2, 0.25) is 0 Å². The van der Waals surface area contributed by atoms with Crippen molar-refractivity contribution in [2.75, 3.05) is 0 Å². The lowest BCUT2D eigenvalue weighted by Gasteiger charge is -2.13. The zero-order chi connectivity index (χ0) is 29.3. The van der Waals surface area contributed by atoms with E-state index in [4.69, 9.17) is 4.98 Å². The highest BCUT2D eigenvalue weighted by Crippen LogP contribution is 2.37. The molecule has 5 aromatic carbocycles. The third-order valence-electron chi connectivity index (χ3n) is 8.21. The molecule has 0 N–H and O–H groups in total. The number of nitrogens with zero attached hydrogens (tertiary/aromatic N) is 3. The molecular formula is C41H27N3. The quantitative estimate of drug-likeness (QED) is 0.196. The molecule has 0 fully saturated rings. The van der Waals surface area contributed by atoms with Crippen molar-refractivity contribution in [2.24, 2.45) is 0 Å². The summed E-state index contributed by atoms with van der Waals surface area (Å²) in [5, 5.41) is 5.07. The molecule has 0 aliphatic carbocycles. The number of pyridine rings is 3. The van der Waals surface area contributed by atoms with Crippen LogP contribution >= 0.6 is 0 Å². The predicted molar refractivity (Wildman–Crippen MR) is 182 cm³/mol. The molecular weight excluding hydrogens is 534 g/mol. The number of fused-ring (bicyclic) bond motifs is 3. The Morgan fingerprint density at radius 2 is 0.864 bits per heavy atom. The number of aromatic nitrogens is 3. The maximum atomic E-state index is 4.99. The Balaban J connectivity index is 1.24. The second-order valence-corrected chi connectivity index (χ2v) is 11.0. The van der Waals surface area contributed by atoms with Crippen LogP contribution in [0.4, 0.5) is 0 Å². The fourth-order valence-corrected chi connectivity index (χ4v) is 6.06. The molecule has 0 spiro atoms. The van der Waals surface area contributed by atoms with Crippen molar-refractivity contribution in [3.8, 4) is 55.9 Å². The summed E-state index contributed by atoms with van der Waals surface area (Å²) in [6.45, 7) is 0. The highest BCUT2D eigenvalue weighted by atomic mass is 14.7. The van der Waals surface area contributed by atoms with E-state index in [1.807, 2.05) is 36.7 Å². The van der Waals surface area contributed by atoms with Crippen LogP contribution in [-0.4, -0.2) is 15.0 Å². The van der Waals surface area contributed by atoms with Crippen LogP contribution in [0.2, 0.25) is 0 Å². The third kappa shape index (κ3) is 4.81. The zero-order valence-electron chi connectivity index (χ0n) is 23.9. The van der Waals surface area contributed by atoms with Gasteiger partial charge in [-0.05, 0) is 110 Å². The van der Waals surface area contributed by atoms with Gasteiger partial charge in [-0.15, -0.1) is 0 Å². The third-order valence-corrected chi connectivity index (χ3v) is 8.21. The minimum absolute atomic E-state index is 0.880. The highest BCUT2D eigenvalue weighted by molar-refractivity contribution is 6.13. The van der Waals surface area contributed by atoms with Gasteiger partial charge >= 0.3 is 0 Å². The Hall–Kier alpha value is -5.93. The molecule has 0 aliphatic rings. The van der Waals surface area contributed by atoms with E-state index in [0.29, 0.717) is 0 Å². The maximum absolute atomic E-state index is 4.99. The molecule has 0 unspecified atom stereocenters. The normalized spacial score (nSPS) is 11.2. The first kappa shape index (κ1) is 25.8. The van der Waals surface area contributed by atoms with Crippen molar-refractivity contribution in [3.05, 3.63) is 164 Å². The second kappa shape index (κ2) is 11.0. The van der Waals surface area contributed by atoms with E-state index >= 15 is 0 Å². The number of rotatable bonds is 5. The first-order chi connectivity index (χ1) is 21.8. The lowest BCUT2D eigenvalue weighted by atomic mass is 9.91. The van der Waals surface area contributed by atoms with Crippen LogP contribution in [0.1, 0.15) is 0 Å². The summed E-state index contributed by atoms with van der Waals surface area (Å²) in [5.41, 5.74) is 10.7. The Morgan fingerprint density at radius 1 is 0.341 bits per heavy atom. The Labute approximate surface area is 256 Å². The average Bonchev–Trinajstić information content (AvgIpc) is 3.12. The number of benzene rings is 5. The smallest absolute Gasteiger partial charge is 0.0731 e. The van der Waals surface area contributed by atoms with E-state index in [1.165, 1.54) is 38.2 Å². The van der Waals surface area contributed by atoms with Crippen LogP contribution in [-0.2, 0) is 0 Å². The van der Waals surface area contributed by atoms with Gasteiger partial charge in [-0.3, -0.25) is 9.97 Å². The van der Waals surface area contributed by atoms with Crippen LogP contribution in [0.15, 0.2) is 164 Å². The van der Waals surface area contributed by atoms with Crippen molar-refractivity contribution in [3.63, 3.8) is 0 Å². The molecule has 44 heavy (non-hydrogen) atoms. The highest BCUT2D eigenvalue weighted by Gasteiger charge is 2.12. The molecule has 3 heteroatoms. The number of hydrogen-bond donors (Lipinski definition) is 0. The molecule has 206 valence electrons. The molecule has 3 heterocycles. The summed E-state index contributed by atoms with van der Waals surface area (Å²) in [5.74, 6) is 0. The van der Waals surface area contributed by atoms with Gasteiger partial charge in [0, 0.05) is 35.9 Å². The van der Waals surface area contributed by atoms with Gasteiger partial charge in [-0.2, -0.15) is 0 Å². The largest absolute Gasteiger partial charge is 0.264 e. The average molecular weight is 562 g/mol. The summed E-state index contributed by atoms with van der Waals surface area (Å²) >= 11 is 0. The Kier molecular flexibility index (Phi) is 6.47. The summed E-state index contributed by atoms with van der Waals surface area (Å²) in [7, 11) is 0. The van der Waals surface area contributed by atoms with Crippen LogP contribution < -0.4 is 0 Å². The zero-order valence-corrected chi connectivity index (χ0v) is 23.9. The van der Waals surface area contributed by atoms with Crippen molar-refractivity contribution in [1.82, 2.24) is 15.0 Å². The van der Waals surface area contributed by atoms with Crippen LogP contribution in [0, 0.1) is 0 Å². The molecule has 3 nitrogen and oxygen atoms in total. The van der Waals surface area contributed by atoms with Crippen LogP contribution in [0.25, 0.3) is 77.4 Å². The van der Waals surface area contributed by atoms with Gasteiger partial charge in [0.05, 0.1) is 11.4 Å². The Bertz CT molecular complexity index is 2220. The molecule has 8 rings (SSSR count). The van der Waals surface area contributed by atoms with E-state index in [1.54, 1.807) is 12.4 Å². The van der Waals surface area contributed by atoms with Crippen LogP contribution in [0.3, 0.4) is 0 Å². The molecule has 0 radical (unpaired) electrons. The van der Waals surface area contributed by atoms with E-state index < -0.39 is 0 Å². The summed E-state index contributed by atoms with van der Waals surface area (Å²) < 4.78 is 0. The van der Waals surface area contributed by atoms with Crippen molar-refractivity contribution >= 4 is 21.5 Å². The minimum atomic E-state index is 0.880. The fourth-order valence-electron chi connectivity index (χ4n) is 6.06. The first-order valence-electron chi connectivity index (χ1n) is 14.7. The van der Waals surface area contributed by atoms with E-state index in [2.05, 4.69) is 125 Å². The van der Waals surface area contributed by atoms with E-state index in [-0.39, 0.29) is 0 Å². The van der Waals surface area contributed by atoms with Crippen molar-refractivity contribution in [2.45, 2.75) is 0 Å². The predicted octanol–water partition coefficient (Wildman–Crippen LogP) is 10.5. The molecule has 8 aromatic rings. The molecule has 3 aromatic heterocycles. The van der Waals surface area contributed by atoms with Gasteiger partial charge < -0.3 is 0 Å². The topological polar surface area (TPSA) is 38.7 Å². The van der Waals surface area contributed by atoms with Gasteiger partial charge in [0.1, 0.15) is 0 Å². The standard InChI is InChI=1S/C41H27N3/c1-2-16-36-32(9-1)23-39(38-18-4-3-17-37(36)38)31-13-6-11-29(22-31)28-10-5-12-30(21-28)35-24-40(33-14-7-19-42-26-33)44-41(25-35)34-15-8-20-43-27-34/h1-27H. The van der Waals surface area contributed by atoms with E-state index in [9.17, 15) is 0 Å². The maximum Gasteiger partial charge on any atom is 0.0731 e. The molecule has 0 saturated carbocycles. The number of hydrogen-bond acceptors (Lipinski definition) is 3. The van der Waals surface area contributed by atoms with E-state index in [0.717, 1.165) is 39.2 Å². The molecule has 0 atom stereocenters. The lowest BCUT2D eigenvalue weighted by molar-refractivity contribution is 1.26. The monoisotopic (exact) mass is 561 g/mol. The minimum Gasteiger partial charge on any atom is -0.264 e. The van der Waals surface area contributed by atoms with Gasteiger partial charge in [-0.25, -0.2) is 4.98 Å². The first-order valence-corrected chi connectivity index (χ1v) is 14.7. The molecule has 0 aliphatic heterocycles. The van der Waals surface area contributed by atoms with Gasteiger partial charge in [0.15, 0.2) is 0 Å². The Morgan fingerprint density at radius 3 is 1.50 bits per heavy atom. The summed E-state index contributed by atoms with van der Waals surface area (Å²) in [6, 6.07) is 49.6.